The Morgan fingerprint density at radius 2 is 1.92 bits per heavy atom. The van der Waals surface area contributed by atoms with Crippen LogP contribution in [0.2, 0.25) is 5.02 Å². The van der Waals surface area contributed by atoms with Crippen molar-refractivity contribution in [1.29, 1.82) is 0 Å². The molecule has 0 saturated carbocycles. The lowest BCUT2D eigenvalue weighted by Gasteiger charge is -2.14. The Morgan fingerprint density at radius 1 is 1.19 bits per heavy atom. The van der Waals surface area contributed by atoms with E-state index < -0.39 is 30.4 Å². The Kier molecular flexibility index (Phi) is 7.41. The second kappa shape index (κ2) is 9.77. The SMILES string of the molecule is C[C@@H](Oc1ccc(F)cc1)C(=O)OCC(=O)NCCc1cccc(Cl)c1. The highest BCUT2D eigenvalue weighted by molar-refractivity contribution is 6.30. The van der Waals surface area contributed by atoms with Gasteiger partial charge in [-0.3, -0.25) is 4.79 Å². The van der Waals surface area contributed by atoms with Gasteiger partial charge in [0.25, 0.3) is 5.91 Å². The number of ether oxygens (including phenoxy) is 2. The number of esters is 1. The van der Waals surface area contributed by atoms with Gasteiger partial charge >= 0.3 is 5.97 Å². The van der Waals surface area contributed by atoms with Crippen LogP contribution in [0.5, 0.6) is 5.75 Å². The van der Waals surface area contributed by atoms with Gasteiger partial charge in [-0.05, 0) is 55.3 Å². The largest absolute Gasteiger partial charge is 0.479 e. The van der Waals surface area contributed by atoms with Crippen LogP contribution in [-0.2, 0) is 20.7 Å². The molecule has 7 heteroatoms. The number of halogens is 2. The maximum Gasteiger partial charge on any atom is 0.347 e. The van der Waals surface area contributed by atoms with Gasteiger partial charge in [0.2, 0.25) is 0 Å². The lowest BCUT2D eigenvalue weighted by atomic mass is 10.1. The molecule has 2 aromatic rings. The molecule has 26 heavy (non-hydrogen) atoms. The molecule has 1 N–H and O–H groups in total. The normalized spacial score (nSPS) is 11.5. The zero-order valence-electron chi connectivity index (χ0n) is 14.2. The highest BCUT2D eigenvalue weighted by Crippen LogP contribution is 2.13. The predicted molar refractivity (Wildman–Crippen MR) is 95.6 cm³/mol. The number of carbonyl (C=O) groups excluding carboxylic acids is 2. The van der Waals surface area contributed by atoms with Crippen LogP contribution in [0.3, 0.4) is 0 Å². The minimum absolute atomic E-state index is 0.335. The first-order valence-electron chi connectivity index (χ1n) is 8.04. The summed E-state index contributed by atoms with van der Waals surface area (Å²) < 4.78 is 23.1. The first-order chi connectivity index (χ1) is 12.4. The van der Waals surface area contributed by atoms with E-state index in [1.165, 1.54) is 31.2 Å². The molecule has 2 rings (SSSR count). The van der Waals surface area contributed by atoms with Crippen LogP contribution in [0.1, 0.15) is 12.5 Å². The zero-order valence-corrected chi connectivity index (χ0v) is 15.0. The Bertz CT molecular complexity index is 751. The Hall–Kier alpha value is -2.60. The molecule has 0 aliphatic rings. The van der Waals surface area contributed by atoms with E-state index in [1.807, 2.05) is 18.2 Å². The fourth-order valence-electron chi connectivity index (χ4n) is 2.11. The highest BCUT2D eigenvalue weighted by Gasteiger charge is 2.17. The fraction of sp³-hybridized carbons (Fsp3) is 0.263. The van der Waals surface area contributed by atoms with E-state index in [0.717, 1.165) is 5.56 Å². The van der Waals surface area contributed by atoms with Crippen molar-refractivity contribution in [1.82, 2.24) is 5.32 Å². The van der Waals surface area contributed by atoms with Gasteiger partial charge in [0, 0.05) is 11.6 Å². The van der Waals surface area contributed by atoms with Crippen molar-refractivity contribution in [3.8, 4) is 5.75 Å². The second-order valence-corrected chi connectivity index (χ2v) is 5.99. The minimum atomic E-state index is -0.917. The number of amides is 1. The number of hydrogen-bond donors (Lipinski definition) is 1. The molecule has 0 radical (unpaired) electrons. The third-order valence-corrected chi connectivity index (χ3v) is 3.66. The van der Waals surface area contributed by atoms with Crippen molar-refractivity contribution in [2.24, 2.45) is 0 Å². The van der Waals surface area contributed by atoms with E-state index in [1.54, 1.807) is 6.07 Å². The fourth-order valence-corrected chi connectivity index (χ4v) is 2.32. The topological polar surface area (TPSA) is 64.6 Å². The molecule has 0 saturated heterocycles. The van der Waals surface area contributed by atoms with E-state index in [0.29, 0.717) is 23.7 Å². The first kappa shape index (κ1) is 19.7. The van der Waals surface area contributed by atoms with Gasteiger partial charge in [0.15, 0.2) is 12.7 Å². The van der Waals surface area contributed by atoms with Crippen molar-refractivity contribution >= 4 is 23.5 Å². The number of nitrogens with one attached hydrogen (secondary N) is 1. The van der Waals surface area contributed by atoms with Gasteiger partial charge < -0.3 is 14.8 Å². The summed E-state index contributed by atoms with van der Waals surface area (Å²) in [4.78, 5) is 23.6. The Balaban J connectivity index is 1.67. The lowest BCUT2D eigenvalue weighted by molar-refractivity contribution is -0.154. The molecule has 5 nitrogen and oxygen atoms in total. The van der Waals surface area contributed by atoms with Crippen molar-refractivity contribution in [2.75, 3.05) is 13.2 Å². The number of benzene rings is 2. The van der Waals surface area contributed by atoms with Gasteiger partial charge in [0.05, 0.1) is 0 Å². The summed E-state index contributed by atoms with van der Waals surface area (Å²) in [6, 6.07) is 12.6. The van der Waals surface area contributed by atoms with Crippen molar-refractivity contribution in [3.63, 3.8) is 0 Å². The molecule has 2 aromatic carbocycles. The molecule has 1 atom stereocenters. The van der Waals surface area contributed by atoms with Crippen LogP contribution in [-0.4, -0.2) is 31.1 Å². The Labute approximate surface area is 156 Å². The number of carbonyl (C=O) groups is 2. The standard InChI is InChI=1S/C19H19ClFNO4/c1-13(26-17-7-5-16(21)6-8-17)19(24)25-12-18(23)22-10-9-14-3-2-4-15(20)11-14/h2-8,11,13H,9-10,12H2,1H3,(H,22,23)/t13-/m1/s1. The third kappa shape index (κ3) is 6.72. The molecular weight excluding hydrogens is 361 g/mol. The molecule has 0 aliphatic heterocycles. The molecule has 0 spiro atoms. The van der Waals surface area contributed by atoms with Crippen molar-refractivity contribution in [2.45, 2.75) is 19.4 Å². The molecule has 0 heterocycles. The molecule has 138 valence electrons. The highest BCUT2D eigenvalue weighted by atomic mass is 35.5. The molecule has 0 aliphatic carbocycles. The quantitative estimate of drug-likeness (QED) is 0.716. The van der Waals surface area contributed by atoms with Crippen LogP contribution >= 0.6 is 11.6 Å². The molecule has 0 bridgehead atoms. The summed E-state index contributed by atoms with van der Waals surface area (Å²) in [6.07, 6.45) is -0.302. The Morgan fingerprint density at radius 3 is 2.62 bits per heavy atom. The second-order valence-electron chi connectivity index (χ2n) is 5.55. The van der Waals surface area contributed by atoms with Crippen LogP contribution < -0.4 is 10.1 Å². The molecule has 0 unspecified atom stereocenters. The van der Waals surface area contributed by atoms with E-state index in [-0.39, 0.29) is 0 Å². The summed E-state index contributed by atoms with van der Waals surface area (Å²) in [7, 11) is 0. The lowest BCUT2D eigenvalue weighted by Crippen LogP contribution is -2.33. The molecular formula is C19H19ClFNO4. The van der Waals surface area contributed by atoms with E-state index in [4.69, 9.17) is 21.1 Å². The maximum atomic E-state index is 12.8. The van der Waals surface area contributed by atoms with Crippen LogP contribution in [0.25, 0.3) is 0 Å². The molecule has 0 fully saturated rings. The summed E-state index contributed by atoms with van der Waals surface area (Å²) in [5.41, 5.74) is 0.996. The maximum absolute atomic E-state index is 12.8. The van der Waals surface area contributed by atoms with Crippen molar-refractivity contribution in [3.05, 3.63) is 64.9 Å². The van der Waals surface area contributed by atoms with Crippen LogP contribution in [0, 0.1) is 5.82 Å². The van der Waals surface area contributed by atoms with Gasteiger partial charge in [0.1, 0.15) is 11.6 Å². The van der Waals surface area contributed by atoms with Gasteiger partial charge in [-0.25, -0.2) is 9.18 Å². The van der Waals surface area contributed by atoms with Crippen LogP contribution in [0.15, 0.2) is 48.5 Å². The average Bonchev–Trinajstić information content (AvgIpc) is 2.61. The third-order valence-electron chi connectivity index (χ3n) is 3.43. The molecule has 0 aromatic heterocycles. The van der Waals surface area contributed by atoms with Crippen molar-refractivity contribution < 1.29 is 23.5 Å². The average molecular weight is 380 g/mol. The van der Waals surface area contributed by atoms with E-state index in [2.05, 4.69) is 5.32 Å². The monoisotopic (exact) mass is 379 g/mol. The van der Waals surface area contributed by atoms with Gasteiger partial charge in [-0.2, -0.15) is 0 Å². The summed E-state index contributed by atoms with van der Waals surface area (Å²) >= 11 is 5.89. The summed E-state index contributed by atoms with van der Waals surface area (Å²) in [6.45, 7) is 1.49. The first-order valence-corrected chi connectivity index (χ1v) is 8.42. The number of rotatable bonds is 8. The summed E-state index contributed by atoms with van der Waals surface area (Å²) in [5.74, 6) is -1.16. The zero-order chi connectivity index (χ0) is 18.9. The smallest absolute Gasteiger partial charge is 0.347 e. The molecule has 1 amide bonds. The number of hydrogen-bond acceptors (Lipinski definition) is 4. The van der Waals surface area contributed by atoms with Gasteiger partial charge in [-0.15, -0.1) is 0 Å². The minimum Gasteiger partial charge on any atom is -0.479 e. The van der Waals surface area contributed by atoms with E-state index in [9.17, 15) is 14.0 Å². The van der Waals surface area contributed by atoms with Crippen LogP contribution in [0.4, 0.5) is 4.39 Å². The predicted octanol–water partition coefficient (Wildman–Crippen LogP) is 3.15. The van der Waals surface area contributed by atoms with Gasteiger partial charge in [-0.1, -0.05) is 23.7 Å². The summed E-state index contributed by atoms with van der Waals surface area (Å²) in [5, 5.41) is 3.30. The van der Waals surface area contributed by atoms with E-state index >= 15 is 0 Å².